The first kappa shape index (κ1) is 22.3. The smallest absolute Gasteiger partial charge is 0.263 e. The van der Waals surface area contributed by atoms with E-state index < -0.39 is 0 Å². The van der Waals surface area contributed by atoms with Crippen LogP contribution in [-0.4, -0.2) is 55.2 Å². The van der Waals surface area contributed by atoms with E-state index >= 15 is 0 Å². The number of carbonyl (C=O) groups is 2. The molecule has 0 saturated heterocycles. The van der Waals surface area contributed by atoms with Crippen LogP contribution in [0.1, 0.15) is 5.76 Å². The van der Waals surface area contributed by atoms with Crippen molar-refractivity contribution in [2.24, 2.45) is 0 Å². The molecule has 0 bridgehead atoms. The maximum Gasteiger partial charge on any atom is 0.263 e. The number of benzene rings is 1. The van der Waals surface area contributed by atoms with E-state index in [1.165, 1.54) is 27.5 Å². The molecule has 10 nitrogen and oxygen atoms in total. The van der Waals surface area contributed by atoms with Gasteiger partial charge in [0, 0.05) is 13.6 Å². The second-order valence-corrected chi connectivity index (χ2v) is 8.18. The lowest BCUT2D eigenvalue weighted by Gasteiger charge is -2.16. The Morgan fingerprint density at radius 3 is 2.82 bits per heavy atom. The average Bonchev–Trinajstić information content (AvgIpc) is 3.49. The van der Waals surface area contributed by atoms with Gasteiger partial charge in [-0.3, -0.25) is 23.4 Å². The van der Waals surface area contributed by atoms with Gasteiger partial charge in [-0.25, -0.2) is 0 Å². The average molecular weight is 467 g/mol. The zero-order valence-corrected chi connectivity index (χ0v) is 18.7. The topological polar surface area (TPSA) is 115 Å². The van der Waals surface area contributed by atoms with E-state index in [1.807, 2.05) is 12.1 Å². The number of aromatic nitrogens is 4. The number of nitrogens with one attached hydrogen (secondary N) is 1. The van der Waals surface area contributed by atoms with Crippen molar-refractivity contribution in [1.29, 1.82) is 0 Å². The molecule has 3 heterocycles. The second kappa shape index (κ2) is 9.74. The quantitative estimate of drug-likeness (QED) is 0.295. The number of furan rings is 1. The van der Waals surface area contributed by atoms with Gasteiger partial charge >= 0.3 is 0 Å². The molecule has 33 heavy (non-hydrogen) atoms. The van der Waals surface area contributed by atoms with Crippen LogP contribution in [0, 0.1) is 0 Å². The highest BCUT2D eigenvalue weighted by atomic mass is 32.2. The van der Waals surface area contributed by atoms with Gasteiger partial charge in [-0.1, -0.05) is 30.0 Å². The molecular weight excluding hydrogens is 444 g/mol. The van der Waals surface area contributed by atoms with Gasteiger partial charge in [0.05, 0.1) is 36.0 Å². The van der Waals surface area contributed by atoms with Crippen molar-refractivity contribution in [3.63, 3.8) is 0 Å². The molecule has 4 rings (SSSR count). The van der Waals surface area contributed by atoms with Gasteiger partial charge in [0.2, 0.25) is 17.6 Å². The molecule has 170 valence electrons. The maximum absolute atomic E-state index is 12.9. The summed E-state index contributed by atoms with van der Waals surface area (Å²) in [5.41, 5.74) is 0.474. The van der Waals surface area contributed by atoms with Gasteiger partial charge in [0.15, 0.2) is 5.16 Å². The third-order valence-corrected chi connectivity index (χ3v) is 5.87. The molecule has 1 N–H and O–H groups in total. The fraction of sp³-hybridized carbons (Fsp3) is 0.227. The lowest BCUT2D eigenvalue weighted by atomic mass is 10.2. The van der Waals surface area contributed by atoms with Crippen LogP contribution in [0.4, 0.5) is 0 Å². The van der Waals surface area contributed by atoms with Crippen molar-refractivity contribution in [1.82, 2.24) is 29.4 Å². The van der Waals surface area contributed by atoms with Crippen molar-refractivity contribution < 1.29 is 14.0 Å². The number of hydrogen-bond acceptors (Lipinski definition) is 7. The highest BCUT2D eigenvalue weighted by Crippen LogP contribution is 2.21. The van der Waals surface area contributed by atoms with E-state index in [1.54, 1.807) is 41.8 Å². The van der Waals surface area contributed by atoms with Crippen molar-refractivity contribution in [2.45, 2.75) is 18.2 Å². The number of hydrogen-bond donors (Lipinski definition) is 1. The van der Waals surface area contributed by atoms with E-state index in [0.29, 0.717) is 27.6 Å². The highest BCUT2D eigenvalue weighted by Gasteiger charge is 2.19. The van der Waals surface area contributed by atoms with E-state index in [2.05, 4.69) is 22.1 Å². The third-order valence-electron chi connectivity index (χ3n) is 4.96. The minimum absolute atomic E-state index is 0.0532. The molecule has 0 spiro atoms. The van der Waals surface area contributed by atoms with Crippen molar-refractivity contribution in [3.05, 3.63) is 71.4 Å². The Morgan fingerprint density at radius 2 is 2.06 bits per heavy atom. The minimum Gasteiger partial charge on any atom is -0.467 e. The first-order chi connectivity index (χ1) is 16.0. The molecule has 0 aliphatic rings. The standard InChI is InChI=1S/C22H22N6O4S/c1-3-10-27-20(31)16-8-4-5-9-17(16)28-21(27)24-25-22(28)33-14-19(30)26(2)13-18(29)23-12-15-7-6-11-32-15/h3-9,11H,1,10,12-14H2,2H3,(H,23,29). The number of allylic oxidation sites excluding steroid dienone is 1. The Kier molecular flexibility index (Phi) is 6.59. The van der Waals surface area contributed by atoms with Crippen LogP contribution >= 0.6 is 11.8 Å². The lowest BCUT2D eigenvalue weighted by molar-refractivity contribution is -0.132. The number of carbonyl (C=O) groups excluding carboxylic acids is 2. The van der Waals surface area contributed by atoms with Crippen LogP contribution in [0.5, 0.6) is 0 Å². The van der Waals surface area contributed by atoms with E-state index in [4.69, 9.17) is 4.42 Å². The van der Waals surface area contributed by atoms with E-state index in [0.717, 1.165) is 0 Å². The van der Waals surface area contributed by atoms with Crippen molar-refractivity contribution in [3.8, 4) is 0 Å². The molecule has 0 atom stereocenters. The minimum atomic E-state index is -0.292. The Balaban J connectivity index is 1.48. The number of thioether (sulfide) groups is 1. The van der Waals surface area contributed by atoms with Gasteiger partial charge in [0.1, 0.15) is 5.76 Å². The fourth-order valence-electron chi connectivity index (χ4n) is 3.32. The SMILES string of the molecule is C=CCn1c(=O)c2ccccc2n2c(SCC(=O)N(C)CC(=O)NCc3ccco3)nnc12. The second-order valence-electron chi connectivity index (χ2n) is 7.23. The molecule has 1 aromatic carbocycles. The molecule has 0 fully saturated rings. The van der Waals surface area contributed by atoms with E-state index in [9.17, 15) is 14.4 Å². The Morgan fingerprint density at radius 1 is 1.24 bits per heavy atom. The third kappa shape index (κ3) is 4.67. The summed E-state index contributed by atoms with van der Waals surface area (Å²) in [5, 5.41) is 12.1. The fourth-order valence-corrected chi connectivity index (χ4v) is 4.20. The molecule has 0 saturated carbocycles. The van der Waals surface area contributed by atoms with Crippen LogP contribution in [-0.2, 0) is 22.7 Å². The highest BCUT2D eigenvalue weighted by molar-refractivity contribution is 7.99. The number of para-hydroxylation sites is 1. The molecule has 2 amide bonds. The van der Waals surface area contributed by atoms with Crippen LogP contribution in [0.3, 0.4) is 0 Å². The van der Waals surface area contributed by atoms with Gasteiger partial charge in [0.25, 0.3) is 5.56 Å². The van der Waals surface area contributed by atoms with Gasteiger partial charge in [-0.05, 0) is 24.3 Å². The lowest BCUT2D eigenvalue weighted by Crippen LogP contribution is -2.38. The summed E-state index contributed by atoms with van der Waals surface area (Å²) in [6.07, 6.45) is 3.15. The van der Waals surface area contributed by atoms with Crippen molar-refractivity contribution >= 4 is 40.3 Å². The number of likely N-dealkylation sites (N-methyl/N-ethyl adjacent to an activating group) is 1. The van der Waals surface area contributed by atoms with Crippen LogP contribution in [0.15, 0.2) is 69.7 Å². The number of amides is 2. The molecule has 0 unspecified atom stereocenters. The van der Waals surface area contributed by atoms with Crippen LogP contribution in [0.25, 0.3) is 16.7 Å². The molecule has 3 aromatic heterocycles. The summed E-state index contributed by atoms with van der Waals surface area (Å²) < 4.78 is 8.42. The zero-order valence-electron chi connectivity index (χ0n) is 17.9. The summed E-state index contributed by atoms with van der Waals surface area (Å²) in [6, 6.07) is 10.7. The zero-order chi connectivity index (χ0) is 23.4. The predicted molar refractivity (Wildman–Crippen MR) is 124 cm³/mol. The summed E-state index contributed by atoms with van der Waals surface area (Å²) >= 11 is 1.19. The number of rotatable bonds is 9. The monoisotopic (exact) mass is 466 g/mol. The van der Waals surface area contributed by atoms with Gasteiger partial charge < -0.3 is 14.6 Å². The van der Waals surface area contributed by atoms with Gasteiger partial charge in [-0.15, -0.1) is 16.8 Å². The predicted octanol–water partition coefficient (Wildman–Crippen LogP) is 1.69. The summed E-state index contributed by atoms with van der Waals surface area (Å²) in [6.45, 7) is 4.17. The molecule has 0 aliphatic heterocycles. The molecule has 11 heteroatoms. The summed E-state index contributed by atoms with van der Waals surface area (Å²) in [5.74, 6) is 0.527. The van der Waals surface area contributed by atoms with Crippen LogP contribution < -0.4 is 10.9 Å². The largest absolute Gasteiger partial charge is 0.467 e. The first-order valence-corrected chi connectivity index (χ1v) is 11.1. The van der Waals surface area contributed by atoms with Gasteiger partial charge in [-0.2, -0.15) is 0 Å². The Bertz CT molecular complexity index is 1380. The molecule has 0 radical (unpaired) electrons. The van der Waals surface area contributed by atoms with Crippen LogP contribution in [0.2, 0.25) is 0 Å². The normalized spacial score (nSPS) is 11.1. The number of nitrogens with zero attached hydrogens (tertiary/aromatic N) is 5. The number of fused-ring (bicyclic) bond motifs is 3. The maximum atomic E-state index is 12.9. The van der Waals surface area contributed by atoms with Crippen molar-refractivity contribution in [2.75, 3.05) is 19.3 Å². The summed E-state index contributed by atoms with van der Waals surface area (Å²) in [7, 11) is 1.56. The molecular formula is C22H22N6O4S. The summed E-state index contributed by atoms with van der Waals surface area (Å²) in [4.78, 5) is 38.9. The molecule has 0 aliphatic carbocycles. The Labute approximate surface area is 192 Å². The molecule has 4 aromatic rings. The van der Waals surface area contributed by atoms with E-state index in [-0.39, 0.29) is 42.8 Å². The Hall–Kier alpha value is -3.86. The first-order valence-electron chi connectivity index (χ1n) is 10.1.